The summed E-state index contributed by atoms with van der Waals surface area (Å²) in [5.41, 5.74) is -5.10. The quantitative estimate of drug-likeness (QED) is 0.725. The van der Waals surface area contributed by atoms with E-state index in [4.69, 9.17) is 0 Å². The van der Waals surface area contributed by atoms with Crippen molar-refractivity contribution in [2.24, 2.45) is 5.92 Å². The minimum Gasteiger partial charge on any atom is -0.220 e. The molecule has 0 heterocycles. The van der Waals surface area contributed by atoms with Crippen LogP contribution in [0, 0.1) is 5.92 Å². The van der Waals surface area contributed by atoms with Crippen LogP contribution < -0.4 is 0 Å². The van der Waals surface area contributed by atoms with Gasteiger partial charge in [0.2, 0.25) is 9.84 Å². The van der Waals surface area contributed by atoms with E-state index in [0.717, 1.165) is 0 Å². The summed E-state index contributed by atoms with van der Waals surface area (Å²) < 4.78 is 56.8. The molecule has 0 spiro atoms. The zero-order valence-corrected chi connectivity index (χ0v) is 8.37. The molecule has 0 fully saturated rings. The summed E-state index contributed by atoms with van der Waals surface area (Å²) in [6.07, 6.45) is 1.18. The molecule has 0 saturated heterocycles. The minimum absolute atomic E-state index is 0.434. The zero-order chi connectivity index (χ0) is 10.7. The highest BCUT2D eigenvalue weighted by Crippen LogP contribution is 2.26. The van der Waals surface area contributed by atoms with Crippen molar-refractivity contribution in [3.63, 3.8) is 0 Å². The van der Waals surface area contributed by atoms with Gasteiger partial charge >= 0.3 is 5.51 Å². The Morgan fingerprint density at radius 2 is 1.77 bits per heavy atom. The Morgan fingerprint density at radius 1 is 1.31 bits per heavy atom. The van der Waals surface area contributed by atoms with Gasteiger partial charge < -0.3 is 0 Å². The van der Waals surface area contributed by atoms with Crippen LogP contribution in [0.25, 0.3) is 0 Å². The molecule has 1 atom stereocenters. The maximum Gasteiger partial charge on any atom is 0.497 e. The molecule has 13 heavy (non-hydrogen) atoms. The van der Waals surface area contributed by atoms with Gasteiger partial charge in [-0.2, -0.15) is 13.2 Å². The normalized spacial score (nSPS) is 15.8. The van der Waals surface area contributed by atoms with E-state index < -0.39 is 27.0 Å². The number of alkyl halides is 3. The van der Waals surface area contributed by atoms with E-state index in [1.54, 1.807) is 6.92 Å². The lowest BCUT2D eigenvalue weighted by atomic mass is 10.1. The summed E-state index contributed by atoms with van der Waals surface area (Å²) in [6.45, 7) is 3.31. The second-order valence-electron chi connectivity index (χ2n) is 3.12. The first-order chi connectivity index (χ1) is 5.70. The number of hydrogen-bond donors (Lipinski definition) is 0. The van der Waals surface area contributed by atoms with Crippen molar-refractivity contribution in [2.45, 2.75) is 32.2 Å². The summed E-state index contributed by atoms with van der Waals surface area (Å²) in [5, 5.41) is 0. The fourth-order valence-corrected chi connectivity index (χ4v) is 2.15. The van der Waals surface area contributed by atoms with Gasteiger partial charge in [-0.25, -0.2) is 8.42 Å². The molecule has 80 valence electrons. The van der Waals surface area contributed by atoms with E-state index in [9.17, 15) is 21.6 Å². The van der Waals surface area contributed by atoms with Crippen LogP contribution in [-0.4, -0.2) is 19.7 Å². The second-order valence-corrected chi connectivity index (χ2v) is 5.15. The van der Waals surface area contributed by atoms with Crippen molar-refractivity contribution in [3.05, 3.63) is 0 Å². The van der Waals surface area contributed by atoms with Crippen LogP contribution in [-0.2, 0) is 9.84 Å². The monoisotopic (exact) mass is 218 g/mol. The van der Waals surface area contributed by atoms with Gasteiger partial charge in [-0.15, -0.1) is 0 Å². The van der Waals surface area contributed by atoms with Gasteiger partial charge in [-0.05, 0) is 12.3 Å². The minimum atomic E-state index is -5.10. The average Bonchev–Trinajstić information content (AvgIpc) is 1.83. The molecule has 0 aromatic heterocycles. The Morgan fingerprint density at radius 3 is 2.08 bits per heavy atom. The highest BCUT2D eigenvalue weighted by atomic mass is 32.2. The molecule has 0 bridgehead atoms. The molecule has 0 aromatic carbocycles. The lowest BCUT2D eigenvalue weighted by Gasteiger charge is -2.12. The highest BCUT2D eigenvalue weighted by Gasteiger charge is 2.45. The zero-order valence-electron chi connectivity index (χ0n) is 7.56. The standard InChI is InChI=1S/C7H13F3O2S/c1-3-4-6(2)5-13(11,12)7(8,9)10/h6H,3-5H2,1-2H3. The maximum absolute atomic E-state index is 11.8. The fourth-order valence-electron chi connectivity index (χ4n) is 1.05. The van der Waals surface area contributed by atoms with E-state index in [2.05, 4.69) is 0 Å². The van der Waals surface area contributed by atoms with Crippen molar-refractivity contribution in [1.82, 2.24) is 0 Å². The SMILES string of the molecule is CCCC(C)CS(=O)(=O)C(F)(F)F. The third kappa shape index (κ3) is 3.97. The first-order valence-corrected chi connectivity index (χ1v) is 5.65. The lowest BCUT2D eigenvalue weighted by Crippen LogP contribution is -2.28. The van der Waals surface area contributed by atoms with E-state index >= 15 is 0 Å². The van der Waals surface area contributed by atoms with Crippen LogP contribution >= 0.6 is 0 Å². The molecular weight excluding hydrogens is 205 g/mol. The largest absolute Gasteiger partial charge is 0.497 e. The van der Waals surface area contributed by atoms with Crippen LogP contribution in [0.1, 0.15) is 26.7 Å². The Bertz CT molecular complexity index is 243. The van der Waals surface area contributed by atoms with Gasteiger partial charge in [-0.1, -0.05) is 20.3 Å². The third-order valence-corrected chi connectivity index (χ3v) is 3.35. The maximum atomic E-state index is 11.8. The van der Waals surface area contributed by atoms with Gasteiger partial charge in [0.1, 0.15) is 0 Å². The summed E-state index contributed by atoms with van der Waals surface area (Å²) in [6, 6.07) is 0. The summed E-state index contributed by atoms with van der Waals surface area (Å²) in [5.74, 6) is -1.23. The van der Waals surface area contributed by atoms with Crippen LogP contribution in [0.3, 0.4) is 0 Å². The van der Waals surface area contributed by atoms with Crippen molar-refractivity contribution in [3.8, 4) is 0 Å². The van der Waals surface area contributed by atoms with E-state index in [0.29, 0.717) is 12.8 Å². The Hall–Kier alpha value is -0.260. The van der Waals surface area contributed by atoms with Gasteiger partial charge in [0.25, 0.3) is 0 Å². The molecule has 0 aromatic rings. The first kappa shape index (κ1) is 12.7. The second kappa shape index (κ2) is 4.30. The first-order valence-electron chi connectivity index (χ1n) is 3.99. The summed E-state index contributed by atoms with van der Waals surface area (Å²) in [4.78, 5) is 0. The number of hydrogen-bond acceptors (Lipinski definition) is 2. The van der Waals surface area contributed by atoms with Crippen LogP contribution in [0.2, 0.25) is 0 Å². The lowest BCUT2D eigenvalue weighted by molar-refractivity contribution is -0.0438. The fraction of sp³-hybridized carbons (Fsp3) is 1.00. The van der Waals surface area contributed by atoms with Gasteiger partial charge in [0.05, 0.1) is 5.75 Å². The number of halogens is 3. The van der Waals surface area contributed by atoms with Crippen molar-refractivity contribution >= 4 is 9.84 Å². The molecule has 6 heteroatoms. The Kier molecular flexibility index (Phi) is 4.22. The molecule has 0 radical (unpaired) electrons. The average molecular weight is 218 g/mol. The van der Waals surface area contributed by atoms with Gasteiger partial charge in [0.15, 0.2) is 0 Å². The van der Waals surface area contributed by atoms with Crippen LogP contribution in [0.15, 0.2) is 0 Å². The van der Waals surface area contributed by atoms with Gasteiger partial charge in [-0.3, -0.25) is 0 Å². The van der Waals surface area contributed by atoms with E-state index in [1.165, 1.54) is 6.92 Å². The molecule has 0 aliphatic carbocycles. The van der Waals surface area contributed by atoms with Gasteiger partial charge in [0, 0.05) is 0 Å². The van der Waals surface area contributed by atoms with Crippen LogP contribution in [0.4, 0.5) is 13.2 Å². The molecule has 0 saturated carbocycles. The van der Waals surface area contributed by atoms with E-state index in [-0.39, 0.29) is 0 Å². The van der Waals surface area contributed by atoms with E-state index in [1.807, 2.05) is 0 Å². The molecule has 0 rings (SSSR count). The Labute approximate surface area is 76.1 Å². The summed E-state index contributed by atoms with van der Waals surface area (Å²) >= 11 is 0. The Balaban J connectivity index is 4.36. The predicted octanol–water partition coefficient (Wildman–Crippen LogP) is 2.36. The van der Waals surface area contributed by atoms with Crippen molar-refractivity contribution < 1.29 is 21.6 Å². The molecule has 0 N–H and O–H groups in total. The summed E-state index contributed by atoms with van der Waals surface area (Å²) in [7, 11) is -4.92. The topological polar surface area (TPSA) is 34.1 Å². The molecule has 1 unspecified atom stereocenters. The third-order valence-electron chi connectivity index (χ3n) is 1.64. The molecule has 0 aliphatic heterocycles. The van der Waals surface area contributed by atoms with Crippen molar-refractivity contribution in [2.75, 3.05) is 5.75 Å². The molecule has 0 amide bonds. The van der Waals surface area contributed by atoms with Crippen molar-refractivity contribution in [1.29, 1.82) is 0 Å². The smallest absolute Gasteiger partial charge is 0.220 e. The molecule has 2 nitrogen and oxygen atoms in total. The number of sulfone groups is 1. The number of rotatable bonds is 4. The van der Waals surface area contributed by atoms with Crippen LogP contribution in [0.5, 0.6) is 0 Å². The predicted molar refractivity (Wildman–Crippen MR) is 43.9 cm³/mol. The molecular formula is C7H13F3O2S. The molecule has 0 aliphatic rings. The highest BCUT2D eigenvalue weighted by molar-refractivity contribution is 7.92.